The van der Waals surface area contributed by atoms with E-state index in [4.69, 9.17) is 0 Å². The molecule has 0 bridgehead atoms. The molecule has 1 fully saturated rings. The summed E-state index contributed by atoms with van der Waals surface area (Å²) in [5.74, 6) is 0.695. The van der Waals surface area contributed by atoms with Gasteiger partial charge in [-0.15, -0.1) is 11.8 Å². The van der Waals surface area contributed by atoms with E-state index in [1.54, 1.807) is 18.0 Å². The van der Waals surface area contributed by atoms with Gasteiger partial charge in [0, 0.05) is 52.3 Å². The number of anilines is 2. The molecule has 7 heteroatoms. The van der Waals surface area contributed by atoms with Gasteiger partial charge in [-0.3, -0.25) is 14.6 Å². The second-order valence-corrected chi connectivity index (χ2v) is 9.51. The molecule has 0 spiro atoms. The molecule has 6 nitrogen and oxygen atoms in total. The number of amides is 2. The lowest BCUT2D eigenvalue weighted by molar-refractivity contribution is -0.121. The van der Waals surface area contributed by atoms with E-state index < -0.39 is 0 Å². The van der Waals surface area contributed by atoms with Gasteiger partial charge >= 0.3 is 0 Å². The summed E-state index contributed by atoms with van der Waals surface area (Å²) in [6, 6.07) is 14.5. The van der Waals surface area contributed by atoms with Crippen LogP contribution in [-0.4, -0.2) is 28.6 Å². The van der Waals surface area contributed by atoms with Gasteiger partial charge in [0.25, 0.3) is 0 Å². The van der Waals surface area contributed by atoms with Crippen LogP contribution in [0.25, 0.3) is 10.8 Å². The third kappa shape index (κ3) is 4.64. The van der Waals surface area contributed by atoms with Crippen molar-refractivity contribution in [3.05, 3.63) is 60.4 Å². The normalized spacial score (nSPS) is 20.4. The summed E-state index contributed by atoms with van der Waals surface area (Å²) in [5.41, 5.74) is 2.93. The number of rotatable bonds is 5. The lowest BCUT2D eigenvalue weighted by Gasteiger charge is -2.29. The van der Waals surface area contributed by atoms with Gasteiger partial charge in [-0.2, -0.15) is 0 Å². The first kappa shape index (κ1) is 21.0. The quantitative estimate of drug-likeness (QED) is 0.535. The summed E-state index contributed by atoms with van der Waals surface area (Å²) in [5, 5.41) is 11.8. The molecule has 0 atom stereocenters. The number of hydrogen-bond donors (Lipinski definition) is 3. The zero-order valence-corrected chi connectivity index (χ0v) is 18.6. The predicted molar refractivity (Wildman–Crippen MR) is 129 cm³/mol. The molecule has 2 aromatic carbocycles. The fourth-order valence-electron chi connectivity index (χ4n) is 4.53. The molecular formula is C25H26N4O2S. The monoisotopic (exact) mass is 446 g/mol. The molecule has 164 valence electrons. The van der Waals surface area contributed by atoms with Crippen LogP contribution in [0.3, 0.4) is 0 Å². The number of nitrogens with one attached hydrogen (secondary N) is 3. The van der Waals surface area contributed by atoms with Crippen molar-refractivity contribution < 1.29 is 9.59 Å². The highest BCUT2D eigenvalue weighted by molar-refractivity contribution is 8.00. The predicted octanol–water partition coefficient (Wildman–Crippen LogP) is 4.57. The maximum absolute atomic E-state index is 12.9. The summed E-state index contributed by atoms with van der Waals surface area (Å²) in [6.45, 7) is 0.763. The van der Waals surface area contributed by atoms with Crippen LogP contribution in [0, 0.1) is 5.92 Å². The van der Waals surface area contributed by atoms with Gasteiger partial charge in [0.1, 0.15) is 0 Å². The van der Waals surface area contributed by atoms with Gasteiger partial charge in [0.2, 0.25) is 11.8 Å². The Morgan fingerprint density at radius 3 is 2.88 bits per heavy atom. The molecule has 2 heterocycles. The van der Waals surface area contributed by atoms with Crippen molar-refractivity contribution in [2.45, 2.75) is 43.2 Å². The van der Waals surface area contributed by atoms with Crippen molar-refractivity contribution >= 4 is 45.7 Å². The minimum absolute atomic E-state index is 0.0427. The van der Waals surface area contributed by atoms with Crippen LogP contribution in [0.15, 0.2) is 59.8 Å². The fraction of sp³-hybridized carbons (Fsp3) is 0.320. The van der Waals surface area contributed by atoms with Gasteiger partial charge < -0.3 is 16.0 Å². The number of carbonyl (C=O) groups is 2. The fourth-order valence-corrected chi connectivity index (χ4v) is 5.32. The number of hydrogen-bond acceptors (Lipinski definition) is 5. The first-order valence-corrected chi connectivity index (χ1v) is 12.1. The van der Waals surface area contributed by atoms with Gasteiger partial charge in [-0.05, 0) is 55.5 Å². The third-order valence-corrected chi connectivity index (χ3v) is 7.38. The van der Waals surface area contributed by atoms with E-state index in [-0.39, 0.29) is 17.7 Å². The van der Waals surface area contributed by atoms with E-state index in [0.717, 1.165) is 64.8 Å². The summed E-state index contributed by atoms with van der Waals surface area (Å²) in [4.78, 5) is 29.8. The number of fused-ring (bicyclic) bond motifs is 2. The van der Waals surface area contributed by atoms with Gasteiger partial charge in [-0.1, -0.05) is 18.2 Å². The van der Waals surface area contributed by atoms with Crippen LogP contribution < -0.4 is 16.0 Å². The first-order valence-electron chi connectivity index (χ1n) is 11.1. The van der Waals surface area contributed by atoms with Crippen molar-refractivity contribution in [1.82, 2.24) is 10.3 Å². The van der Waals surface area contributed by atoms with E-state index in [2.05, 4.69) is 39.1 Å². The number of carbonyl (C=O) groups excluding carboxylic acids is 2. The molecule has 5 rings (SSSR count). The maximum Gasteiger partial charge on any atom is 0.234 e. The van der Waals surface area contributed by atoms with Crippen LogP contribution in [0.2, 0.25) is 0 Å². The Kier molecular flexibility index (Phi) is 6.10. The Bertz CT molecular complexity index is 1150. The molecule has 1 aliphatic heterocycles. The minimum Gasteiger partial charge on any atom is -0.325 e. The van der Waals surface area contributed by atoms with Crippen molar-refractivity contribution in [2.75, 3.05) is 16.4 Å². The van der Waals surface area contributed by atoms with Gasteiger partial charge in [0.05, 0.1) is 11.4 Å². The molecule has 1 saturated carbocycles. The summed E-state index contributed by atoms with van der Waals surface area (Å²) in [7, 11) is 0. The average molecular weight is 447 g/mol. The smallest absolute Gasteiger partial charge is 0.234 e. The maximum atomic E-state index is 12.9. The molecule has 32 heavy (non-hydrogen) atoms. The Balaban J connectivity index is 1.13. The third-order valence-electron chi connectivity index (χ3n) is 6.31. The highest BCUT2D eigenvalue weighted by Gasteiger charge is 2.26. The topological polar surface area (TPSA) is 83.1 Å². The van der Waals surface area contributed by atoms with Crippen molar-refractivity contribution in [3.63, 3.8) is 0 Å². The van der Waals surface area contributed by atoms with E-state index in [0.29, 0.717) is 11.8 Å². The van der Waals surface area contributed by atoms with Crippen molar-refractivity contribution in [3.8, 4) is 0 Å². The summed E-state index contributed by atoms with van der Waals surface area (Å²) < 4.78 is 0. The summed E-state index contributed by atoms with van der Waals surface area (Å²) in [6.07, 6.45) is 7.30. The first-order chi connectivity index (χ1) is 15.7. The Morgan fingerprint density at radius 1 is 1.12 bits per heavy atom. The Labute approximate surface area is 191 Å². The van der Waals surface area contributed by atoms with Crippen molar-refractivity contribution in [2.24, 2.45) is 5.92 Å². The second-order valence-electron chi connectivity index (χ2n) is 8.49. The second kappa shape index (κ2) is 9.30. The van der Waals surface area contributed by atoms with E-state index >= 15 is 0 Å². The molecule has 0 saturated heterocycles. The standard InChI is InChI=1S/C25H26N4O2S/c30-24-15-32-23-9-4-16(12-22(23)28-24)13-27-19-7-5-17(6-8-19)25(31)29-21-3-1-2-18-14-26-11-10-20(18)21/h1-4,9-12,14,17,19,27H,5-8,13,15H2,(H,28,30)(H,29,31)/t17-,19-. The molecule has 2 amide bonds. The molecule has 1 aromatic heterocycles. The van der Waals surface area contributed by atoms with Crippen molar-refractivity contribution in [1.29, 1.82) is 0 Å². The highest BCUT2D eigenvalue weighted by atomic mass is 32.2. The molecule has 0 radical (unpaired) electrons. The summed E-state index contributed by atoms with van der Waals surface area (Å²) >= 11 is 1.58. The van der Waals surface area contributed by atoms with E-state index in [1.807, 2.05) is 30.5 Å². The largest absolute Gasteiger partial charge is 0.325 e. The SMILES string of the molecule is O=C1CSc2ccc(CN[C@H]3CC[C@H](C(=O)Nc4cccc5cnccc45)CC3)cc2N1. The number of benzene rings is 2. The molecule has 0 unspecified atom stereocenters. The molecule has 3 N–H and O–H groups in total. The van der Waals surface area contributed by atoms with E-state index in [1.165, 1.54) is 0 Å². The van der Waals surface area contributed by atoms with Crippen LogP contribution >= 0.6 is 11.8 Å². The van der Waals surface area contributed by atoms with Crippen LogP contribution in [0.5, 0.6) is 0 Å². The number of nitrogens with zero attached hydrogens (tertiary/aromatic N) is 1. The highest BCUT2D eigenvalue weighted by Crippen LogP contribution is 2.32. The zero-order chi connectivity index (χ0) is 21.9. The lowest BCUT2D eigenvalue weighted by Crippen LogP contribution is -2.36. The molecule has 1 aliphatic carbocycles. The minimum atomic E-state index is 0.0427. The molecular weight excluding hydrogens is 420 g/mol. The Hall–Kier alpha value is -2.90. The molecule has 2 aliphatic rings. The molecule has 3 aromatic rings. The average Bonchev–Trinajstić information content (AvgIpc) is 2.83. The van der Waals surface area contributed by atoms with Crippen LogP contribution in [0.1, 0.15) is 31.2 Å². The van der Waals surface area contributed by atoms with Gasteiger partial charge in [0.15, 0.2) is 0 Å². The lowest BCUT2D eigenvalue weighted by atomic mass is 9.85. The van der Waals surface area contributed by atoms with Crippen LogP contribution in [-0.2, 0) is 16.1 Å². The number of pyridine rings is 1. The Morgan fingerprint density at radius 2 is 2.00 bits per heavy atom. The van der Waals surface area contributed by atoms with Crippen LogP contribution in [0.4, 0.5) is 11.4 Å². The van der Waals surface area contributed by atoms with Gasteiger partial charge in [-0.25, -0.2) is 0 Å². The zero-order valence-electron chi connectivity index (χ0n) is 17.8. The number of thioether (sulfide) groups is 1. The number of aromatic nitrogens is 1. The van der Waals surface area contributed by atoms with E-state index in [9.17, 15) is 9.59 Å².